The number of nitrogens with zero attached hydrogens (tertiary/aromatic N) is 3. The molecule has 0 aromatic carbocycles. The minimum Gasteiger partial charge on any atom is -0.395 e. The molecule has 5 heteroatoms. The third-order valence-electron chi connectivity index (χ3n) is 3.46. The molecule has 0 spiro atoms. The Morgan fingerprint density at radius 1 is 1.21 bits per heavy atom. The number of aliphatic hydroxyl groups is 1. The zero-order valence-corrected chi connectivity index (χ0v) is 13.0. The second-order valence-corrected chi connectivity index (χ2v) is 7.09. The van der Waals surface area contributed by atoms with E-state index in [2.05, 4.69) is 36.0 Å². The van der Waals surface area contributed by atoms with Crippen LogP contribution in [0.4, 0.5) is 0 Å². The van der Waals surface area contributed by atoms with Crippen molar-refractivity contribution in [1.82, 2.24) is 14.8 Å². The molecule has 0 radical (unpaired) electrons. The molecule has 1 saturated heterocycles. The maximum Gasteiger partial charge on any atom is 0.0982 e. The molecule has 4 nitrogen and oxygen atoms in total. The van der Waals surface area contributed by atoms with E-state index in [1.54, 1.807) is 11.3 Å². The largest absolute Gasteiger partial charge is 0.395 e. The molecule has 2 heterocycles. The molecular weight excluding hydrogens is 258 g/mol. The normalized spacial score (nSPS) is 18.9. The fraction of sp³-hybridized carbons (Fsp3) is 0.786. The van der Waals surface area contributed by atoms with Crippen LogP contribution < -0.4 is 0 Å². The summed E-state index contributed by atoms with van der Waals surface area (Å²) >= 11 is 1.77. The summed E-state index contributed by atoms with van der Waals surface area (Å²) in [6.45, 7) is 12.9. The Bertz CT molecular complexity index is 392. The number of thiazole rings is 1. The third kappa shape index (κ3) is 4.24. The van der Waals surface area contributed by atoms with Crippen LogP contribution in [0.5, 0.6) is 0 Å². The summed E-state index contributed by atoms with van der Waals surface area (Å²) in [7, 11) is 0. The van der Waals surface area contributed by atoms with Crippen LogP contribution in [-0.4, -0.2) is 59.2 Å². The van der Waals surface area contributed by atoms with Gasteiger partial charge in [-0.2, -0.15) is 0 Å². The van der Waals surface area contributed by atoms with Crippen LogP contribution in [-0.2, 0) is 12.0 Å². The van der Waals surface area contributed by atoms with Crippen molar-refractivity contribution in [3.63, 3.8) is 0 Å². The topological polar surface area (TPSA) is 39.6 Å². The average Bonchev–Trinajstić information content (AvgIpc) is 2.80. The second kappa shape index (κ2) is 6.31. The van der Waals surface area contributed by atoms with E-state index in [0.717, 1.165) is 39.3 Å². The summed E-state index contributed by atoms with van der Waals surface area (Å²) in [6, 6.07) is 0. The number of rotatable bonds is 4. The maximum atomic E-state index is 8.93. The number of piperazine rings is 1. The summed E-state index contributed by atoms with van der Waals surface area (Å²) in [6.07, 6.45) is 0. The lowest BCUT2D eigenvalue weighted by Crippen LogP contribution is -2.46. The molecule has 1 aliphatic rings. The lowest BCUT2D eigenvalue weighted by Gasteiger charge is -2.33. The van der Waals surface area contributed by atoms with Crippen LogP contribution in [0.1, 0.15) is 31.5 Å². The number of aromatic nitrogens is 1. The number of aliphatic hydroxyl groups excluding tert-OH is 1. The first-order chi connectivity index (χ1) is 8.99. The van der Waals surface area contributed by atoms with Crippen LogP contribution in [0.25, 0.3) is 0 Å². The Hall–Kier alpha value is -0.490. The monoisotopic (exact) mass is 283 g/mol. The van der Waals surface area contributed by atoms with Crippen molar-refractivity contribution in [2.24, 2.45) is 0 Å². The highest BCUT2D eigenvalue weighted by atomic mass is 32.1. The average molecular weight is 283 g/mol. The highest BCUT2D eigenvalue weighted by Crippen LogP contribution is 2.26. The zero-order chi connectivity index (χ0) is 13.9. The van der Waals surface area contributed by atoms with Crippen molar-refractivity contribution in [2.45, 2.75) is 32.7 Å². The van der Waals surface area contributed by atoms with E-state index in [0.29, 0.717) is 0 Å². The van der Waals surface area contributed by atoms with Gasteiger partial charge in [-0.1, -0.05) is 20.8 Å². The van der Waals surface area contributed by atoms with Gasteiger partial charge < -0.3 is 5.11 Å². The smallest absolute Gasteiger partial charge is 0.0982 e. The van der Waals surface area contributed by atoms with Crippen LogP contribution in [0, 0.1) is 0 Å². The third-order valence-corrected chi connectivity index (χ3v) is 4.78. The Morgan fingerprint density at radius 3 is 2.37 bits per heavy atom. The van der Waals surface area contributed by atoms with Crippen LogP contribution >= 0.6 is 11.3 Å². The summed E-state index contributed by atoms with van der Waals surface area (Å²) in [4.78, 5) is 9.53. The zero-order valence-electron chi connectivity index (χ0n) is 12.2. The molecule has 19 heavy (non-hydrogen) atoms. The van der Waals surface area contributed by atoms with E-state index < -0.39 is 0 Å². The standard InChI is InChI=1S/C14H25N3OS/c1-14(2,3)13-15-12(11-19-13)10-17-6-4-16(5-7-17)8-9-18/h11,18H,4-10H2,1-3H3. The first kappa shape index (κ1) is 14.9. The fourth-order valence-electron chi connectivity index (χ4n) is 2.27. The molecule has 1 N–H and O–H groups in total. The number of hydrogen-bond acceptors (Lipinski definition) is 5. The van der Waals surface area contributed by atoms with Crippen LogP contribution in [0.3, 0.4) is 0 Å². The predicted octanol–water partition coefficient (Wildman–Crippen LogP) is 1.55. The summed E-state index contributed by atoms with van der Waals surface area (Å²) in [5.41, 5.74) is 1.36. The van der Waals surface area contributed by atoms with Crippen molar-refractivity contribution in [2.75, 3.05) is 39.3 Å². The van der Waals surface area contributed by atoms with Crippen molar-refractivity contribution < 1.29 is 5.11 Å². The van der Waals surface area contributed by atoms with Gasteiger partial charge in [-0.25, -0.2) is 4.98 Å². The lowest BCUT2D eigenvalue weighted by atomic mass is 9.98. The van der Waals surface area contributed by atoms with Gasteiger partial charge in [0, 0.05) is 50.1 Å². The summed E-state index contributed by atoms with van der Waals surface area (Å²) in [5.74, 6) is 0. The Labute approximate surface area is 120 Å². The van der Waals surface area contributed by atoms with Crippen LogP contribution in [0.2, 0.25) is 0 Å². The van der Waals surface area contributed by atoms with Crippen molar-refractivity contribution in [3.8, 4) is 0 Å². The Morgan fingerprint density at radius 2 is 1.84 bits per heavy atom. The quantitative estimate of drug-likeness (QED) is 0.910. The van der Waals surface area contributed by atoms with Gasteiger partial charge in [0.2, 0.25) is 0 Å². The Kier molecular flexibility index (Phi) is 4.95. The molecule has 0 bridgehead atoms. The van der Waals surface area contributed by atoms with Crippen molar-refractivity contribution in [3.05, 3.63) is 16.1 Å². The molecule has 0 atom stereocenters. The van der Waals surface area contributed by atoms with Gasteiger partial charge in [-0.15, -0.1) is 11.3 Å². The summed E-state index contributed by atoms with van der Waals surface area (Å²) < 4.78 is 0. The minimum absolute atomic E-state index is 0.155. The lowest BCUT2D eigenvalue weighted by molar-refractivity contribution is 0.108. The molecule has 1 aromatic rings. The van der Waals surface area contributed by atoms with Gasteiger partial charge in [0.05, 0.1) is 17.3 Å². The van der Waals surface area contributed by atoms with E-state index >= 15 is 0 Å². The van der Waals surface area contributed by atoms with Gasteiger partial charge >= 0.3 is 0 Å². The van der Waals surface area contributed by atoms with Gasteiger partial charge in [-0.3, -0.25) is 9.80 Å². The first-order valence-electron chi connectivity index (χ1n) is 6.99. The highest BCUT2D eigenvalue weighted by molar-refractivity contribution is 7.09. The van der Waals surface area contributed by atoms with Crippen molar-refractivity contribution >= 4 is 11.3 Å². The number of β-amino-alcohol motifs (C(OH)–C–C–N with tert-alkyl or cyclic N) is 1. The van der Waals surface area contributed by atoms with E-state index in [1.165, 1.54) is 10.7 Å². The molecule has 0 unspecified atom stereocenters. The summed E-state index contributed by atoms with van der Waals surface area (Å²) in [5, 5.41) is 12.4. The minimum atomic E-state index is 0.155. The van der Waals surface area contributed by atoms with Gasteiger partial charge in [0.1, 0.15) is 0 Å². The predicted molar refractivity (Wildman–Crippen MR) is 79.6 cm³/mol. The van der Waals surface area contributed by atoms with E-state index in [1.807, 2.05) is 0 Å². The maximum absolute atomic E-state index is 8.93. The van der Waals surface area contributed by atoms with E-state index in [9.17, 15) is 0 Å². The van der Waals surface area contributed by atoms with Crippen molar-refractivity contribution in [1.29, 1.82) is 0 Å². The Balaban J connectivity index is 1.84. The van der Waals surface area contributed by atoms with Crippen LogP contribution in [0.15, 0.2) is 5.38 Å². The van der Waals surface area contributed by atoms with Gasteiger partial charge in [0.15, 0.2) is 0 Å². The molecule has 1 aliphatic heterocycles. The second-order valence-electron chi connectivity index (χ2n) is 6.24. The molecule has 1 fully saturated rings. The molecule has 0 aliphatic carbocycles. The molecular formula is C14H25N3OS. The van der Waals surface area contributed by atoms with Gasteiger partial charge in [0.25, 0.3) is 0 Å². The SMILES string of the molecule is CC(C)(C)c1nc(CN2CCN(CCO)CC2)cs1. The number of hydrogen-bond donors (Lipinski definition) is 1. The molecule has 0 saturated carbocycles. The van der Waals surface area contributed by atoms with E-state index in [-0.39, 0.29) is 12.0 Å². The van der Waals surface area contributed by atoms with E-state index in [4.69, 9.17) is 10.1 Å². The molecule has 1 aromatic heterocycles. The molecule has 0 amide bonds. The molecule has 108 valence electrons. The fourth-order valence-corrected chi connectivity index (χ4v) is 3.16. The first-order valence-corrected chi connectivity index (χ1v) is 7.87. The highest BCUT2D eigenvalue weighted by Gasteiger charge is 2.20. The van der Waals surface area contributed by atoms with Gasteiger partial charge in [-0.05, 0) is 0 Å². The molecule has 2 rings (SSSR count).